The fourth-order valence-electron chi connectivity index (χ4n) is 3.08. The van der Waals surface area contributed by atoms with Gasteiger partial charge in [-0.15, -0.1) is 0 Å². The number of hydrogen-bond donors (Lipinski definition) is 2. The van der Waals surface area contributed by atoms with E-state index in [1.807, 2.05) is 6.92 Å². The lowest BCUT2D eigenvalue weighted by Crippen LogP contribution is -2.39. The van der Waals surface area contributed by atoms with E-state index in [1.165, 1.54) is 30.5 Å². The van der Waals surface area contributed by atoms with Gasteiger partial charge in [-0.2, -0.15) is 9.41 Å². The van der Waals surface area contributed by atoms with Crippen LogP contribution in [0.5, 0.6) is 0 Å². The molecule has 10 heteroatoms. The zero-order valence-electron chi connectivity index (χ0n) is 18.2. The van der Waals surface area contributed by atoms with Gasteiger partial charge in [-0.3, -0.25) is 4.79 Å². The molecule has 0 saturated heterocycles. The van der Waals surface area contributed by atoms with E-state index in [0.717, 1.165) is 9.87 Å². The highest BCUT2D eigenvalue weighted by atomic mass is 35.5. The Morgan fingerprint density at radius 1 is 1.03 bits per heavy atom. The average Bonchev–Trinajstić information content (AvgIpc) is 2.80. The van der Waals surface area contributed by atoms with Gasteiger partial charge in [0.1, 0.15) is 0 Å². The van der Waals surface area contributed by atoms with Crippen molar-refractivity contribution in [1.82, 2.24) is 9.73 Å². The van der Waals surface area contributed by atoms with Crippen LogP contribution in [0.3, 0.4) is 0 Å². The monoisotopic (exact) mass is 499 g/mol. The number of amides is 1. The Hall–Kier alpha value is -3.53. The van der Waals surface area contributed by atoms with E-state index < -0.39 is 28.4 Å². The molecule has 0 saturated carbocycles. The minimum Gasteiger partial charge on any atom is -0.478 e. The van der Waals surface area contributed by atoms with Crippen LogP contribution in [0.15, 0.2) is 82.8 Å². The van der Waals surface area contributed by atoms with Crippen molar-refractivity contribution in [2.45, 2.75) is 18.4 Å². The first kappa shape index (κ1) is 25.1. The molecule has 0 atom stereocenters. The fourth-order valence-corrected chi connectivity index (χ4v) is 4.65. The van der Waals surface area contributed by atoms with Gasteiger partial charge in [0.2, 0.25) is 10.0 Å². The molecule has 0 bridgehead atoms. The lowest BCUT2D eigenvalue weighted by atomic mass is 10.1. The summed E-state index contributed by atoms with van der Waals surface area (Å²) in [6.45, 7) is 1.18. The number of hydrogen-bond acceptors (Lipinski definition) is 5. The lowest BCUT2D eigenvalue weighted by molar-refractivity contribution is -0.121. The first-order valence-electron chi connectivity index (χ1n) is 10.1. The van der Waals surface area contributed by atoms with E-state index in [0.29, 0.717) is 10.6 Å². The molecule has 0 aliphatic carbocycles. The van der Waals surface area contributed by atoms with Crippen molar-refractivity contribution >= 4 is 39.7 Å². The number of carbonyl (C=O) groups is 2. The Morgan fingerprint density at radius 2 is 1.68 bits per heavy atom. The summed E-state index contributed by atoms with van der Waals surface area (Å²) in [5, 5.41) is 13.4. The van der Waals surface area contributed by atoms with Gasteiger partial charge in [-0.1, -0.05) is 65.7 Å². The molecular weight excluding hydrogens is 478 g/mol. The van der Waals surface area contributed by atoms with Crippen LogP contribution >= 0.6 is 11.6 Å². The van der Waals surface area contributed by atoms with Crippen LogP contribution in [0.2, 0.25) is 5.02 Å². The Kier molecular flexibility index (Phi) is 8.17. The lowest BCUT2D eigenvalue weighted by Gasteiger charge is -2.22. The summed E-state index contributed by atoms with van der Waals surface area (Å²) in [5.41, 5.74) is 3.99. The summed E-state index contributed by atoms with van der Waals surface area (Å²) in [6.07, 6.45) is 1.19. The number of rotatable bonds is 9. The maximum Gasteiger partial charge on any atom is 0.336 e. The van der Waals surface area contributed by atoms with Crippen LogP contribution in [0, 0.1) is 6.92 Å². The van der Waals surface area contributed by atoms with Crippen molar-refractivity contribution in [2.24, 2.45) is 5.10 Å². The molecule has 0 unspecified atom stereocenters. The second kappa shape index (κ2) is 11.1. The Balaban J connectivity index is 1.82. The molecule has 8 nitrogen and oxygen atoms in total. The SMILES string of the molecule is Cc1ccc(S(=O)(=O)N(CC(=O)N/N=C\c2ccccc2C(=O)O)Cc2ccccc2Cl)cc1. The summed E-state index contributed by atoms with van der Waals surface area (Å²) in [6, 6.07) is 19.2. The second-order valence-electron chi connectivity index (χ2n) is 7.36. The van der Waals surface area contributed by atoms with Gasteiger partial charge in [-0.25, -0.2) is 18.6 Å². The predicted molar refractivity (Wildman–Crippen MR) is 129 cm³/mol. The number of hydrazone groups is 1. The van der Waals surface area contributed by atoms with E-state index in [1.54, 1.807) is 48.5 Å². The molecule has 1 amide bonds. The number of carbonyl (C=O) groups excluding carboxylic acids is 1. The molecule has 3 aromatic rings. The smallest absolute Gasteiger partial charge is 0.336 e. The van der Waals surface area contributed by atoms with Crippen LogP contribution in [0.25, 0.3) is 0 Å². The number of nitrogens with one attached hydrogen (secondary N) is 1. The molecular formula is C24H22ClN3O5S. The summed E-state index contributed by atoms with van der Waals surface area (Å²) in [4.78, 5) is 23.9. The van der Waals surface area contributed by atoms with Gasteiger partial charge in [0.15, 0.2) is 0 Å². The number of nitrogens with zero attached hydrogens (tertiary/aromatic N) is 2. The fraction of sp³-hybridized carbons (Fsp3) is 0.125. The molecule has 3 rings (SSSR count). The topological polar surface area (TPSA) is 116 Å². The molecule has 34 heavy (non-hydrogen) atoms. The van der Waals surface area contributed by atoms with Gasteiger partial charge < -0.3 is 5.11 Å². The second-order valence-corrected chi connectivity index (χ2v) is 9.71. The molecule has 0 aliphatic heterocycles. The maximum absolute atomic E-state index is 13.3. The van der Waals surface area contributed by atoms with E-state index in [9.17, 15) is 23.1 Å². The van der Waals surface area contributed by atoms with Crippen molar-refractivity contribution in [3.8, 4) is 0 Å². The minimum absolute atomic E-state index is 0.0165. The number of aryl methyl sites for hydroxylation is 1. The first-order valence-corrected chi connectivity index (χ1v) is 11.9. The highest BCUT2D eigenvalue weighted by Crippen LogP contribution is 2.22. The van der Waals surface area contributed by atoms with E-state index in [-0.39, 0.29) is 22.6 Å². The van der Waals surface area contributed by atoms with Gasteiger partial charge >= 0.3 is 5.97 Å². The molecule has 2 N–H and O–H groups in total. The minimum atomic E-state index is -4.04. The third-order valence-corrected chi connectivity index (χ3v) is 7.04. The van der Waals surface area contributed by atoms with E-state index in [4.69, 9.17) is 11.6 Å². The number of carboxylic acids is 1. The van der Waals surface area contributed by atoms with Gasteiger partial charge in [0.05, 0.1) is 23.2 Å². The predicted octanol–water partition coefficient (Wildman–Crippen LogP) is 3.69. The Labute approximate surface area is 202 Å². The molecule has 0 heterocycles. The summed E-state index contributed by atoms with van der Waals surface area (Å²) in [5.74, 6) is -1.84. The molecule has 0 aliphatic rings. The van der Waals surface area contributed by atoms with E-state index in [2.05, 4.69) is 10.5 Å². The van der Waals surface area contributed by atoms with Crippen LogP contribution in [0.4, 0.5) is 0 Å². The molecule has 176 valence electrons. The number of benzene rings is 3. The van der Waals surface area contributed by atoms with Gasteiger partial charge in [0, 0.05) is 17.1 Å². The largest absolute Gasteiger partial charge is 0.478 e. The van der Waals surface area contributed by atoms with Gasteiger partial charge in [-0.05, 0) is 36.8 Å². The summed E-state index contributed by atoms with van der Waals surface area (Å²) >= 11 is 6.22. The number of sulfonamides is 1. The molecule has 0 spiro atoms. The van der Waals surface area contributed by atoms with Crippen molar-refractivity contribution in [3.05, 3.63) is 100 Å². The number of halogens is 1. The van der Waals surface area contributed by atoms with E-state index >= 15 is 0 Å². The maximum atomic E-state index is 13.3. The first-order chi connectivity index (χ1) is 16.2. The summed E-state index contributed by atoms with van der Waals surface area (Å²) < 4.78 is 27.6. The zero-order valence-corrected chi connectivity index (χ0v) is 19.8. The Bertz CT molecular complexity index is 1320. The van der Waals surface area contributed by atoms with Crippen LogP contribution in [-0.4, -0.2) is 42.5 Å². The molecule has 0 radical (unpaired) electrons. The third-order valence-electron chi connectivity index (χ3n) is 4.87. The van der Waals surface area contributed by atoms with Crippen molar-refractivity contribution in [2.75, 3.05) is 6.54 Å². The highest BCUT2D eigenvalue weighted by molar-refractivity contribution is 7.89. The van der Waals surface area contributed by atoms with Crippen LogP contribution < -0.4 is 5.43 Å². The molecule has 0 fully saturated rings. The number of carboxylic acid groups (broad SMARTS) is 1. The molecule has 3 aromatic carbocycles. The summed E-state index contributed by atoms with van der Waals surface area (Å²) in [7, 11) is -4.04. The zero-order chi connectivity index (χ0) is 24.7. The van der Waals surface area contributed by atoms with Crippen LogP contribution in [-0.2, 0) is 21.4 Å². The average molecular weight is 500 g/mol. The highest BCUT2D eigenvalue weighted by Gasteiger charge is 2.27. The third kappa shape index (κ3) is 6.28. The molecule has 0 aromatic heterocycles. The van der Waals surface area contributed by atoms with Crippen molar-refractivity contribution < 1.29 is 23.1 Å². The van der Waals surface area contributed by atoms with Gasteiger partial charge in [0.25, 0.3) is 5.91 Å². The standard InChI is InChI=1S/C24H22ClN3O5S/c1-17-10-12-20(13-11-17)34(32,33)28(15-19-7-3-5-9-22(19)25)16-23(29)27-26-14-18-6-2-4-8-21(18)24(30)31/h2-14H,15-16H2,1H3,(H,27,29)(H,30,31)/b26-14-. The van der Waals surface area contributed by atoms with Crippen LogP contribution in [0.1, 0.15) is 27.0 Å². The quantitative estimate of drug-likeness (QED) is 0.344. The normalized spacial score (nSPS) is 11.6. The van der Waals surface area contributed by atoms with Crippen molar-refractivity contribution in [1.29, 1.82) is 0 Å². The Morgan fingerprint density at radius 3 is 2.35 bits per heavy atom. The number of aromatic carboxylic acids is 1. The van der Waals surface area contributed by atoms with Crippen molar-refractivity contribution in [3.63, 3.8) is 0 Å².